The lowest BCUT2D eigenvalue weighted by Crippen LogP contribution is -2.15. The molecule has 0 unspecified atom stereocenters. The third-order valence-corrected chi connectivity index (χ3v) is 6.15. The molecule has 2 aromatic carbocycles. The molecule has 0 atom stereocenters. The van der Waals surface area contributed by atoms with E-state index in [0.29, 0.717) is 29.9 Å². The molecule has 3 aromatic rings. The predicted molar refractivity (Wildman–Crippen MR) is 111 cm³/mol. The molecule has 0 saturated heterocycles. The van der Waals surface area contributed by atoms with Gasteiger partial charge in [-0.3, -0.25) is 14.2 Å². The van der Waals surface area contributed by atoms with Crippen LogP contribution in [0.15, 0.2) is 63.8 Å². The average molecular weight is 415 g/mol. The standard InChI is InChI=1S/C21H22NO6P/c1-3-26-29(25,27-4-2)14-15-9-11-16(12-10-15)22-21(24)20-13-18(23)17-7-5-6-8-19(17)28-20/h5-13H,3-4,14H2,1-2H3,(H,22,24). The molecule has 8 heteroatoms. The normalized spacial score (nSPS) is 11.5. The maximum Gasteiger partial charge on any atom is 0.335 e. The summed E-state index contributed by atoms with van der Waals surface area (Å²) in [5.41, 5.74) is 1.33. The molecule has 0 bridgehead atoms. The van der Waals surface area contributed by atoms with Crippen molar-refractivity contribution < 1.29 is 22.8 Å². The van der Waals surface area contributed by atoms with Crippen LogP contribution >= 0.6 is 7.60 Å². The van der Waals surface area contributed by atoms with Crippen LogP contribution in [0.5, 0.6) is 0 Å². The molecule has 1 heterocycles. The van der Waals surface area contributed by atoms with E-state index in [2.05, 4.69) is 5.32 Å². The topological polar surface area (TPSA) is 94.8 Å². The van der Waals surface area contributed by atoms with Gasteiger partial charge in [0.2, 0.25) is 0 Å². The second-order valence-corrected chi connectivity index (χ2v) is 8.28. The lowest BCUT2D eigenvalue weighted by Gasteiger charge is -2.17. The number of benzene rings is 2. The van der Waals surface area contributed by atoms with Crippen LogP contribution in [0.2, 0.25) is 0 Å². The van der Waals surface area contributed by atoms with E-state index in [4.69, 9.17) is 13.5 Å². The van der Waals surface area contributed by atoms with E-state index in [9.17, 15) is 14.2 Å². The molecule has 3 rings (SSSR count). The van der Waals surface area contributed by atoms with Gasteiger partial charge in [-0.25, -0.2) is 0 Å². The van der Waals surface area contributed by atoms with Gasteiger partial charge in [0.1, 0.15) is 5.58 Å². The fourth-order valence-corrected chi connectivity index (χ4v) is 4.55. The molecule has 1 aromatic heterocycles. The summed E-state index contributed by atoms with van der Waals surface area (Å²) < 4.78 is 28.7. The molecule has 0 radical (unpaired) electrons. The fourth-order valence-electron chi connectivity index (χ4n) is 2.85. The Morgan fingerprint density at radius 2 is 1.69 bits per heavy atom. The van der Waals surface area contributed by atoms with Crippen molar-refractivity contribution in [3.05, 3.63) is 76.1 Å². The summed E-state index contributed by atoms with van der Waals surface area (Å²) in [6, 6.07) is 14.7. The first-order chi connectivity index (χ1) is 13.9. The molecule has 7 nitrogen and oxygen atoms in total. The summed E-state index contributed by atoms with van der Waals surface area (Å²) in [5, 5.41) is 3.11. The first kappa shape index (κ1) is 21.0. The number of para-hydroxylation sites is 1. The summed E-state index contributed by atoms with van der Waals surface area (Å²) >= 11 is 0. The van der Waals surface area contributed by atoms with Crippen LogP contribution in [0.4, 0.5) is 5.69 Å². The number of amides is 1. The Morgan fingerprint density at radius 1 is 1.03 bits per heavy atom. The minimum absolute atomic E-state index is 0.0741. The van der Waals surface area contributed by atoms with Gasteiger partial charge in [-0.2, -0.15) is 0 Å². The van der Waals surface area contributed by atoms with Crippen LogP contribution in [0.3, 0.4) is 0 Å². The molecule has 29 heavy (non-hydrogen) atoms. The Morgan fingerprint density at radius 3 is 2.34 bits per heavy atom. The van der Waals surface area contributed by atoms with Crippen LogP contribution in [0, 0.1) is 0 Å². The zero-order valence-electron chi connectivity index (χ0n) is 16.2. The smallest absolute Gasteiger partial charge is 0.335 e. The van der Waals surface area contributed by atoms with E-state index in [0.717, 1.165) is 5.56 Å². The Kier molecular flexibility index (Phi) is 6.64. The van der Waals surface area contributed by atoms with Crippen LogP contribution < -0.4 is 10.7 Å². The van der Waals surface area contributed by atoms with Gasteiger partial charge in [0, 0.05) is 11.8 Å². The van der Waals surface area contributed by atoms with Gasteiger partial charge in [0.15, 0.2) is 11.2 Å². The van der Waals surface area contributed by atoms with Gasteiger partial charge < -0.3 is 18.8 Å². The summed E-state index contributed by atoms with van der Waals surface area (Å²) in [6.07, 6.45) is 0.141. The zero-order chi connectivity index (χ0) is 20.9. The van der Waals surface area contributed by atoms with Gasteiger partial charge >= 0.3 is 7.60 Å². The Bertz CT molecular complexity index is 1100. The number of nitrogens with one attached hydrogen (secondary N) is 1. The third-order valence-electron chi connectivity index (χ3n) is 4.10. The molecular formula is C21H22NO6P. The highest BCUT2D eigenvalue weighted by Gasteiger charge is 2.24. The largest absolute Gasteiger partial charge is 0.451 e. The number of carbonyl (C=O) groups excluding carboxylic acids is 1. The Hall–Kier alpha value is -2.73. The van der Waals surface area contributed by atoms with E-state index in [1.54, 1.807) is 62.4 Å². The molecule has 0 aliphatic carbocycles. The van der Waals surface area contributed by atoms with Crippen molar-refractivity contribution in [2.75, 3.05) is 18.5 Å². The van der Waals surface area contributed by atoms with Crippen molar-refractivity contribution in [2.45, 2.75) is 20.0 Å². The molecule has 0 aliphatic rings. The Labute approximate surface area is 168 Å². The van der Waals surface area contributed by atoms with Crippen molar-refractivity contribution in [2.24, 2.45) is 0 Å². The summed E-state index contributed by atoms with van der Waals surface area (Å²) in [4.78, 5) is 24.6. The van der Waals surface area contributed by atoms with Gasteiger partial charge in [-0.05, 0) is 43.7 Å². The quantitative estimate of drug-likeness (QED) is 0.531. The molecule has 0 aliphatic heterocycles. The number of hydrogen-bond donors (Lipinski definition) is 1. The van der Waals surface area contributed by atoms with Crippen molar-refractivity contribution in [1.82, 2.24) is 0 Å². The van der Waals surface area contributed by atoms with E-state index in [1.807, 2.05) is 0 Å². The van der Waals surface area contributed by atoms with Crippen LogP contribution in [0.25, 0.3) is 11.0 Å². The molecule has 1 amide bonds. The SMILES string of the molecule is CCOP(=O)(Cc1ccc(NC(=O)c2cc(=O)c3ccccc3o2)cc1)OCC. The lowest BCUT2D eigenvalue weighted by atomic mass is 10.2. The minimum Gasteiger partial charge on any atom is -0.451 e. The third kappa shape index (κ3) is 5.21. The predicted octanol–water partition coefficient (Wildman–Crippen LogP) is 4.81. The van der Waals surface area contributed by atoms with Gasteiger partial charge in [0.05, 0.1) is 24.8 Å². The lowest BCUT2D eigenvalue weighted by molar-refractivity contribution is 0.0997. The van der Waals surface area contributed by atoms with Crippen LogP contribution in [-0.2, 0) is 19.8 Å². The van der Waals surface area contributed by atoms with Crippen molar-refractivity contribution in [3.63, 3.8) is 0 Å². The van der Waals surface area contributed by atoms with Gasteiger partial charge in [0.25, 0.3) is 5.91 Å². The molecule has 152 valence electrons. The first-order valence-corrected chi connectivity index (χ1v) is 11.0. The average Bonchev–Trinajstić information content (AvgIpc) is 2.69. The second kappa shape index (κ2) is 9.18. The Balaban J connectivity index is 1.73. The number of hydrogen-bond acceptors (Lipinski definition) is 6. The van der Waals surface area contributed by atoms with E-state index in [-0.39, 0.29) is 17.4 Å². The van der Waals surface area contributed by atoms with E-state index in [1.165, 1.54) is 6.07 Å². The molecule has 0 saturated carbocycles. The monoisotopic (exact) mass is 415 g/mol. The number of anilines is 1. The van der Waals surface area contributed by atoms with Crippen molar-refractivity contribution in [3.8, 4) is 0 Å². The first-order valence-electron chi connectivity index (χ1n) is 9.25. The summed E-state index contributed by atoms with van der Waals surface area (Å²) in [5.74, 6) is -0.607. The molecular weight excluding hydrogens is 393 g/mol. The number of carbonyl (C=O) groups is 1. The number of rotatable bonds is 8. The maximum absolute atomic E-state index is 12.6. The van der Waals surface area contributed by atoms with Crippen LogP contribution in [0.1, 0.15) is 30.0 Å². The highest BCUT2D eigenvalue weighted by Crippen LogP contribution is 2.51. The second-order valence-electron chi connectivity index (χ2n) is 6.23. The fraction of sp³-hybridized carbons (Fsp3) is 0.238. The summed E-state index contributed by atoms with van der Waals surface area (Å²) in [6.45, 7) is 4.11. The minimum atomic E-state index is -3.20. The van der Waals surface area contributed by atoms with E-state index >= 15 is 0 Å². The highest BCUT2D eigenvalue weighted by molar-refractivity contribution is 7.53. The zero-order valence-corrected chi connectivity index (χ0v) is 17.1. The van der Waals surface area contributed by atoms with Crippen molar-refractivity contribution >= 4 is 30.2 Å². The van der Waals surface area contributed by atoms with Gasteiger partial charge in [-0.15, -0.1) is 0 Å². The summed E-state index contributed by atoms with van der Waals surface area (Å²) in [7, 11) is -3.20. The highest BCUT2D eigenvalue weighted by atomic mass is 31.2. The van der Waals surface area contributed by atoms with Gasteiger partial charge in [-0.1, -0.05) is 24.3 Å². The molecule has 0 fully saturated rings. The molecule has 1 N–H and O–H groups in total. The van der Waals surface area contributed by atoms with E-state index < -0.39 is 13.5 Å². The maximum atomic E-state index is 12.6. The number of fused-ring (bicyclic) bond motifs is 1. The molecule has 0 spiro atoms. The van der Waals surface area contributed by atoms with Crippen LogP contribution in [-0.4, -0.2) is 19.1 Å². The van der Waals surface area contributed by atoms with Crippen molar-refractivity contribution in [1.29, 1.82) is 0 Å².